The first-order chi connectivity index (χ1) is 9.15. The number of aliphatic hydroxyl groups is 1. The van der Waals surface area contributed by atoms with E-state index in [0.29, 0.717) is 31.6 Å². The monoisotopic (exact) mass is 287 g/mol. The maximum Gasteiger partial charge on any atom is 0.207 e. The highest BCUT2D eigenvalue weighted by atomic mass is 32.2. The molecule has 3 N–H and O–H groups in total. The number of hydrogen-bond acceptors (Lipinski definition) is 6. The molecule has 0 aromatic heterocycles. The fourth-order valence-electron chi connectivity index (χ4n) is 1.62. The normalized spacial score (nSPS) is 11.6. The van der Waals surface area contributed by atoms with E-state index >= 15 is 0 Å². The average Bonchev–Trinajstić information content (AvgIpc) is 2.45. The first kappa shape index (κ1) is 16.3. The molecule has 1 aromatic rings. The van der Waals surface area contributed by atoms with Crippen molar-refractivity contribution in [3.05, 3.63) is 29.8 Å². The molecule has 0 saturated heterocycles. The number of rotatable bonds is 9. The van der Waals surface area contributed by atoms with E-state index in [1.54, 1.807) is 0 Å². The van der Waals surface area contributed by atoms with E-state index in [0.717, 1.165) is 17.9 Å². The molecule has 1 rings (SSSR count). The molecule has 1 aromatic carbocycles. The molecule has 0 spiro atoms. The van der Waals surface area contributed by atoms with Crippen molar-refractivity contribution < 1.29 is 18.3 Å². The largest absolute Gasteiger partial charge is 0.462 e. The first-order valence-electron chi connectivity index (χ1n) is 6.29. The Morgan fingerprint density at radius 1 is 1.26 bits per heavy atom. The Balaban J connectivity index is 2.67. The van der Waals surface area contributed by atoms with E-state index in [4.69, 9.17) is 14.8 Å². The molecule has 0 fully saturated rings. The highest BCUT2D eigenvalue weighted by Crippen LogP contribution is 2.26. The van der Waals surface area contributed by atoms with E-state index in [9.17, 15) is 5.11 Å². The van der Waals surface area contributed by atoms with Crippen molar-refractivity contribution in [1.29, 1.82) is 0 Å². The van der Waals surface area contributed by atoms with Crippen LogP contribution in [0.25, 0.3) is 0 Å². The molecule has 108 valence electrons. The van der Waals surface area contributed by atoms with Crippen molar-refractivity contribution in [3.8, 4) is 5.75 Å². The molecule has 0 heterocycles. The van der Waals surface area contributed by atoms with Crippen molar-refractivity contribution in [1.82, 2.24) is 0 Å². The van der Waals surface area contributed by atoms with Gasteiger partial charge in [0.1, 0.15) is 5.75 Å². The zero-order valence-corrected chi connectivity index (χ0v) is 12.1. The Morgan fingerprint density at radius 3 is 2.58 bits per heavy atom. The van der Waals surface area contributed by atoms with Crippen LogP contribution < -0.4 is 10.6 Å². The number of nitrogens with two attached hydrogens (primary N) is 1. The lowest BCUT2D eigenvalue weighted by atomic mass is 10.1. The highest BCUT2D eigenvalue weighted by Gasteiger charge is 2.25. The Morgan fingerprint density at radius 2 is 1.95 bits per heavy atom. The fraction of sp³-hybridized carbons (Fsp3) is 0.538. The summed E-state index contributed by atoms with van der Waals surface area (Å²) in [6.07, 6.45) is 1.71. The summed E-state index contributed by atoms with van der Waals surface area (Å²) in [6.45, 7) is 4.23. The SMILES string of the molecule is CCC(O)(CC)Oc1ccccc1CCOSON. The Hall–Kier alpha value is -0.790. The molecule has 0 unspecified atom stereocenters. The third-order valence-corrected chi connectivity index (χ3v) is 3.26. The van der Waals surface area contributed by atoms with Gasteiger partial charge in [-0.3, -0.25) is 4.18 Å². The first-order valence-corrected chi connectivity index (χ1v) is 6.96. The number of benzene rings is 1. The fourth-order valence-corrected chi connectivity index (χ4v) is 1.83. The van der Waals surface area contributed by atoms with Crippen molar-refractivity contribution in [2.75, 3.05) is 6.61 Å². The van der Waals surface area contributed by atoms with Gasteiger partial charge in [-0.2, -0.15) is 5.90 Å². The van der Waals surface area contributed by atoms with E-state index in [2.05, 4.69) is 4.28 Å². The van der Waals surface area contributed by atoms with Crippen LogP contribution >= 0.6 is 12.3 Å². The Labute approximate surface area is 118 Å². The van der Waals surface area contributed by atoms with Gasteiger partial charge < -0.3 is 9.84 Å². The smallest absolute Gasteiger partial charge is 0.207 e. The molecule has 0 bridgehead atoms. The Bertz CT molecular complexity index is 371. The summed E-state index contributed by atoms with van der Waals surface area (Å²) in [6, 6.07) is 7.59. The standard InChI is InChI=1S/C13H21NO4S/c1-3-13(15,4-2)17-12-8-6-5-7-11(12)9-10-16-19-18-14/h5-8,15H,3-4,9-10,14H2,1-2H3. The lowest BCUT2D eigenvalue weighted by molar-refractivity contribution is -0.141. The van der Waals surface area contributed by atoms with E-state index in [1.807, 2.05) is 38.1 Å². The minimum Gasteiger partial charge on any atom is -0.462 e. The van der Waals surface area contributed by atoms with Gasteiger partial charge in [0.25, 0.3) is 0 Å². The molecule has 0 radical (unpaired) electrons. The lowest BCUT2D eigenvalue weighted by Crippen LogP contribution is -2.34. The molecular weight excluding hydrogens is 266 g/mol. The zero-order chi connectivity index (χ0) is 14.1. The van der Waals surface area contributed by atoms with Gasteiger partial charge in [-0.1, -0.05) is 32.0 Å². The van der Waals surface area contributed by atoms with Crippen LogP contribution in [-0.4, -0.2) is 17.5 Å². The molecular formula is C13H21NO4S. The summed E-state index contributed by atoms with van der Waals surface area (Å²) < 4.78 is 15.1. The molecule has 0 atom stereocenters. The van der Waals surface area contributed by atoms with Crippen LogP contribution in [0.2, 0.25) is 0 Å². The molecule has 0 aliphatic heterocycles. The summed E-state index contributed by atoms with van der Waals surface area (Å²) in [5.74, 6) is 4.40. The van der Waals surface area contributed by atoms with Crippen molar-refractivity contribution >= 4 is 12.3 Å². The minimum atomic E-state index is -1.12. The van der Waals surface area contributed by atoms with E-state index in [-0.39, 0.29) is 0 Å². The summed E-state index contributed by atoms with van der Waals surface area (Å²) in [7, 11) is 0. The summed E-state index contributed by atoms with van der Waals surface area (Å²) in [4.78, 5) is 0. The van der Waals surface area contributed by atoms with Crippen LogP contribution in [0.15, 0.2) is 24.3 Å². The van der Waals surface area contributed by atoms with Gasteiger partial charge in [0, 0.05) is 19.3 Å². The van der Waals surface area contributed by atoms with Crippen LogP contribution in [-0.2, 0) is 14.9 Å². The van der Waals surface area contributed by atoms with Crippen LogP contribution in [0.4, 0.5) is 0 Å². The molecule has 0 aliphatic rings. The third kappa shape index (κ3) is 5.38. The second-order valence-electron chi connectivity index (χ2n) is 4.10. The number of para-hydroxylation sites is 1. The predicted octanol–water partition coefficient (Wildman–Crippen LogP) is 2.59. The average molecular weight is 287 g/mol. The predicted molar refractivity (Wildman–Crippen MR) is 75.1 cm³/mol. The molecule has 0 aliphatic carbocycles. The van der Waals surface area contributed by atoms with Crippen LogP contribution in [0, 0.1) is 0 Å². The van der Waals surface area contributed by atoms with E-state index < -0.39 is 5.79 Å². The maximum absolute atomic E-state index is 10.2. The van der Waals surface area contributed by atoms with Gasteiger partial charge in [-0.05, 0) is 11.6 Å². The second-order valence-corrected chi connectivity index (χ2v) is 4.66. The van der Waals surface area contributed by atoms with Gasteiger partial charge in [0.2, 0.25) is 5.79 Å². The molecule has 6 heteroatoms. The maximum atomic E-state index is 10.2. The number of hydrogen-bond donors (Lipinski definition) is 2. The zero-order valence-electron chi connectivity index (χ0n) is 11.3. The van der Waals surface area contributed by atoms with Gasteiger partial charge in [-0.15, -0.1) is 0 Å². The lowest BCUT2D eigenvalue weighted by Gasteiger charge is -2.27. The summed E-state index contributed by atoms with van der Waals surface area (Å²) in [5, 5.41) is 10.2. The summed E-state index contributed by atoms with van der Waals surface area (Å²) >= 11 is 0.743. The van der Waals surface area contributed by atoms with Crippen molar-refractivity contribution in [3.63, 3.8) is 0 Å². The van der Waals surface area contributed by atoms with Crippen molar-refractivity contribution in [2.45, 2.75) is 38.9 Å². The number of ether oxygens (including phenoxy) is 1. The third-order valence-electron chi connectivity index (χ3n) is 2.92. The van der Waals surface area contributed by atoms with Gasteiger partial charge in [-0.25, -0.2) is 4.28 Å². The summed E-state index contributed by atoms with van der Waals surface area (Å²) in [5.41, 5.74) is 0.973. The second kappa shape index (κ2) is 8.39. The quantitative estimate of drug-likeness (QED) is 0.315. The van der Waals surface area contributed by atoms with Gasteiger partial charge in [0.15, 0.2) is 12.3 Å². The van der Waals surface area contributed by atoms with Gasteiger partial charge in [0.05, 0.1) is 6.61 Å². The molecule has 5 nitrogen and oxygen atoms in total. The van der Waals surface area contributed by atoms with E-state index in [1.165, 1.54) is 0 Å². The topological polar surface area (TPSA) is 73.9 Å². The van der Waals surface area contributed by atoms with Crippen LogP contribution in [0.1, 0.15) is 32.3 Å². The molecule has 0 saturated carbocycles. The molecule has 19 heavy (non-hydrogen) atoms. The molecule has 0 amide bonds. The highest BCUT2D eigenvalue weighted by molar-refractivity contribution is 7.89. The van der Waals surface area contributed by atoms with Crippen molar-refractivity contribution in [2.24, 2.45) is 5.90 Å². The Kier molecular flexibility index (Phi) is 7.19. The van der Waals surface area contributed by atoms with Gasteiger partial charge >= 0.3 is 0 Å². The minimum absolute atomic E-state index is 0.443. The van der Waals surface area contributed by atoms with Crippen LogP contribution in [0.5, 0.6) is 5.75 Å². The van der Waals surface area contributed by atoms with Crippen LogP contribution in [0.3, 0.4) is 0 Å².